The van der Waals surface area contributed by atoms with Crippen LogP contribution in [0.1, 0.15) is 51.8 Å². The number of benzene rings is 1. The van der Waals surface area contributed by atoms with Crippen molar-refractivity contribution < 1.29 is 9.18 Å². The number of nitrogens with zero attached hydrogens (tertiary/aromatic N) is 3. The maximum absolute atomic E-state index is 15.0. The molecular weight excluding hydrogens is 397 g/mol. The largest absolute Gasteiger partial charge is 0.354 e. The highest BCUT2D eigenvalue weighted by atomic mass is 19.1. The monoisotopic (exact) mass is 423 g/mol. The predicted molar refractivity (Wildman–Crippen MR) is 117 cm³/mol. The lowest BCUT2D eigenvalue weighted by atomic mass is 9.88. The van der Waals surface area contributed by atoms with E-state index in [1.807, 2.05) is 13.0 Å². The molecule has 162 valence electrons. The summed E-state index contributed by atoms with van der Waals surface area (Å²) in [4.78, 5) is 37.1. The fourth-order valence-electron chi connectivity index (χ4n) is 4.28. The molecule has 1 aliphatic heterocycles. The summed E-state index contributed by atoms with van der Waals surface area (Å²) in [5.41, 5.74) is 3.62. The summed E-state index contributed by atoms with van der Waals surface area (Å²) in [5.74, 6) is -0.227. The number of halogens is 1. The molecule has 0 radical (unpaired) electrons. The lowest BCUT2D eigenvalue weighted by Gasteiger charge is -2.32. The van der Waals surface area contributed by atoms with Gasteiger partial charge in [-0.25, -0.2) is 14.4 Å². The maximum atomic E-state index is 15.0. The summed E-state index contributed by atoms with van der Waals surface area (Å²) in [6, 6.07) is 7.28. The number of carbonyl (C=O) groups is 1. The second kappa shape index (κ2) is 8.55. The zero-order valence-corrected chi connectivity index (χ0v) is 18.0. The minimum Gasteiger partial charge on any atom is -0.354 e. The fourth-order valence-corrected chi connectivity index (χ4v) is 4.28. The summed E-state index contributed by atoms with van der Waals surface area (Å²) in [6.07, 6.45) is 1.88. The molecule has 0 atom stereocenters. The Morgan fingerprint density at radius 3 is 2.58 bits per heavy atom. The molecule has 3 heterocycles. The topological polar surface area (TPSA) is 91.0 Å². The van der Waals surface area contributed by atoms with E-state index < -0.39 is 5.82 Å². The van der Waals surface area contributed by atoms with E-state index in [9.17, 15) is 14.0 Å². The van der Waals surface area contributed by atoms with Crippen LogP contribution in [0.5, 0.6) is 0 Å². The lowest BCUT2D eigenvalue weighted by molar-refractivity contribution is 0.0958. The molecular formula is C23H26FN5O2. The molecule has 0 aliphatic carbocycles. The number of H-pyrrole nitrogens is 1. The first-order valence-electron chi connectivity index (χ1n) is 10.5. The van der Waals surface area contributed by atoms with Crippen LogP contribution in [0.25, 0.3) is 11.0 Å². The summed E-state index contributed by atoms with van der Waals surface area (Å²) in [6.45, 7) is 5.70. The van der Waals surface area contributed by atoms with Gasteiger partial charge in [0.2, 0.25) is 0 Å². The molecule has 1 amide bonds. The first-order valence-corrected chi connectivity index (χ1v) is 10.5. The van der Waals surface area contributed by atoms with Crippen molar-refractivity contribution in [3.63, 3.8) is 0 Å². The SMILES string of the molecule is CNC(=O)c1ccc(C2CCN(Cc3ccc4nc(C)c(=O)[nH]c4c3F)CC2)c(C)n1. The average molecular weight is 423 g/mol. The van der Waals surface area contributed by atoms with Crippen LogP contribution in [0.15, 0.2) is 29.1 Å². The van der Waals surface area contributed by atoms with Crippen molar-refractivity contribution in [1.29, 1.82) is 0 Å². The third kappa shape index (κ3) is 4.20. The Morgan fingerprint density at radius 2 is 1.90 bits per heavy atom. The van der Waals surface area contributed by atoms with Gasteiger partial charge < -0.3 is 10.3 Å². The van der Waals surface area contributed by atoms with Gasteiger partial charge in [0.25, 0.3) is 11.5 Å². The number of aromatic nitrogens is 3. The van der Waals surface area contributed by atoms with Crippen LogP contribution in [-0.2, 0) is 6.54 Å². The van der Waals surface area contributed by atoms with E-state index in [0.717, 1.165) is 31.6 Å². The average Bonchev–Trinajstić information content (AvgIpc) is 2.77. The van der Waals surface area contributed by atoms with Gasteiger partial charge in [-0.1, -0.05) is 12.1 Å². The first kappa shape index (κ1) is 21.1. The molecule has 1 fully saturated rings. The molecule has 3 aromatic rings. The summed E-state index contributed by atoms with van der Waals surface area (Å²) in [5, 5.41) is 2.60. The third-order valence-electron chi connectivity index (χ3n) is 6.06. The predicted octanol–water partition coefficient (Wildman–Crippen LogP) is 2.81. The number of aromatic amines is 1. The highest BCUT2D eigenvalue weighted by Gasteiger charge is 2.24. The molecule has 31 heavy (non-hydrogen) atoms. The number of likely N-dealkylation sites (tertiary alicyclic amines) is 1. The number of nitrogens with one attached hydrogen (secondary N) is 2. The van der Waals surface area contributed by atoms with Crippen molar-refractivity contribution >= 4 is 16.9 Å². The van der Waals surface area contributed by atoms with Crippen LogP contribution in [0.4, 0.5) is 4.39 Å². The molecule has 7 nitrogen and oxygen atoms in total. The number of aryl methyl sites for hydroxylation is 2. The number of carbonyl (C=O) groups excluding carboxylic acids is 1. The van der Waals surface area contributed by atoms with Crippen molar-refractivity contribution in [3.05, 3.63) is 68.6 Å². The molecule has 1 saturated heterocycles. The van der Waals surface area contributed by atoms with E-state index in [-0.39, 0.29) is 17.0 Å². The highest BCUT2D eigenvalue weighted by molar-refractivity contribution is 5.92. The van der Waals surface area contributed by atoms with Gasteiger partial charge >= 0.3 is 0 Å². The Morgan fingerprint density at radius 1 is 1.16 bits per heavy atom. The Kier molecular flexibility index (Phi) is 5.82. The van der Waals surface area contributed by atoms with Crippen LogP contribution in [0, 0.1) is 19.7 Å². The van der Waals surface area contributed by atoms with E-state index in [1.54, 1.807) is 32.2 Å². The number of rotatable bonds is 4. The van der Waals surface area contributed by atoms with Gasteiger partial charge in [-0.05, 0) is 63.4 Å². The Balaban J connectivity index is 1.45. The minimum atomic E-state index is -0.408. The van der Waals surface area contributed by atoms with Gasteiger partial charge in [-0.2, -0.15) is 0 Å². The summed E-state index contributed by atoms with van der Waals surface area (Å²) in [7, 11) is 1.59. The van der Waals surface area contributed by atoms with Crippen molar-refractivity contribution in [1.82, 2.24) is 25.2 Å². The van der Waals surface area contributed by atoms with E-state index in [2.05, 4.69) is 25.2 Å². The molecule has 0 saturated carbocycles. The number of piperidine rings is 1. The van der Waals surface area contributed by atoms with E-state index >= 15 is 0 Å². The quantitative estimate of drug-likeness (QED) is 0.673. The van der Waals surface area contributed by atoms with Crippen LogP contribution >= 0.6 is 0 Å². The first-order chi connectivity index (χ1) is 14.9. The number of amides is 1. The molecule has 0 bridgehead atoms. The van der Waals surface area contributed by atoms with Crippen LogP contribution < -0.4 is 10.9 Å². The Hall–Kier alpha value is -3.13. The highest BCUT2D eigenvalue weighted by Crippen LogP contribution is 2.31. The number of fused-ring (bicyclic) bond motifs is 1. The second-order valence-electron chi connectivity index (χ2n) is 8.08. The molecule has 8 heteroatoms. The van der Waals surface area contributed by atoms with E-state index in [1.165, 1.54) is 5.56 Å². The fraction of sp³-hybridized carbons (Fsp3) is 0.391. The van der Waals surface area contributed by atoms with E-state index in [0.29, 0.717) is 34.9 Å². The minimum absolute atomic E-state index is 0.167. The van der Waals surface area contributed by atoms with Crippen LogP contribution in [-0.4, -0.2) is 45.9 Å². The lowest BCUT2D eigenvalue weighted by Crippen LogP contribution is -2.33. The normalized spacial score (nSPS) is 15.4. The van der Waals surface area contributed by atoms with Crippen molar-refractivity contribution in [2.75, 3.05) is 20.1 Å². The summed E-state index contributed by atoms with van der Waals surface area (Å²) < 4.78 is 15.0. The molecule has 4 rings (SSSR count). The zero-order valence-electron chi connectivity index (χ0n) is 18.0. The molecule has 0 spiro atoms. The maximum Gasteiger partial charge on any atom is 0.269 e. The number of hydrogen-bond acceptors (Lipinski definition) is 5. The number of hydrogen-bond donors (Lipinski definition) is 2. The van der Waals surface area contributed by atoms with Gasteiger partial charge in [-0.15, -0.1) is 0 Å². The van der Waals surface area contributed by atoms with Crippen molar-refractivity contribution in [2.24, 2.45) is 0 Å². The molecule has 2 aromatic heterocycles. The standard InChI is InChI=1S/C23H26FN5O2/c1-13-17(5-7-19(26-13)23(31)25-3)15-8-10-29(11-9-15)12-16-4-6-18-21(20(16)24)28-22(30)14(2)27-18/h4-7,15H,8-12H2,1-3H3,(H,25,31)(H,28,30). The molecule has 1 aromatic carbocycles. The van der Waals surface area contributed by atoms with Crippen LogP contribution in [0.2, 0.25) is 0 Å². The van der Waals surface area contributed by atoms with Gasteiger partial charge in [0.1, 0.15) is 16.9 Å². The Bertz CT molecular complexity index is 1200. The number of pyridine rings is 1. The van der Waals surface area contributed by atoms with Gasteiger partial charge in [0, 0.05) is 24.8 Å². The van der Waals surface area contributed by atoms with Gasteiger partial charge in [-0.3, -0.25) is 14.5 Å². The smallest absolute Gasteiger partial charge is 0.269 e. The Labute approximate surface area is 179 Å². The molecule has 2 N–H and O–H groups in total. The van der Waals surface area contributed by atoms with E-state index in [4.69, 9.17) is 0 Å². The van der Waals surface area contributed by atoms with Crippen LogP contribution in [0.3, 0.4) is 0 Å². The zero-order chi connectivity index (χ0) is 22.1. The molecule has 0 unspecified atom stereocenters. The molecule has 1 aliphatic rings. The third-order valence-corrected chi connectivity index (χ3v) is 6.06. The van der Waals surface area contributed by atoms with Gasteiger partial charge in [0.05, 0.1) is 5.52 Å². The van der Waals surface area contributed by atoms with Gasteiger partial charge in [0.15, 0.2) is 5.82 Å². The van der Waals surface area contributed by atoms with Crippen molar-refractivity contribution in [2.45, 2.75) is 39.2 Å². The van der Waals surface area contributed by atoms with Crippen molar-refractivity contribution in [3.8, 4) is 0 Å². The summed E-state index contributed by atoms with van der Waals surface area (Å²) >= 11 is 0. The second-order valence-corrected chi connectivity index (χ2v) is 8.08.